The van der Waals surface area contributed by atoms with E-state index < -0.39 is 6.10 Å². The highest BCUT2D eigenvalue weighted by Gasteiger charge is 2.24. The molecule has 1 aromatic heterocycles. The zero-order valence-corrected chi connectivity index (χ0v) is 15.5. The van der Waals surface area contributed by atoms with Crippen LogP contribution in [0.2, 0.25) is 0 Å². The summed E-state index contributed by atoms with van der Waals surface area (Å²) in [5, 5.41) is 20.4. The van der Waals surface area contributed by atoms with Crippen molar-refractivity contribution in [2.75, 3.05) is 27.2 Å². The molecule has 0 aliphatic heterocycles. The van der Waals surface area contributed by atoms with Gasteiger partial charge < -0.3 is 14.9 Å². The van der Waals surface area contributed by atoms with Gasteiger partial charge in [0.05, 0.1) is 0 Å². The van der Waals surface area contributed by atoms with Gasteiger partial charge in [-0.15, -0.1) is 0 Å². The van der Waals surface area contributed by atoms with E-state index in [0.29, 0.717) is 18.8 Å². The van der Waals surface area contributed by atoms with Crippen molar-refractivity contribution >= 4 is 11.8 Å². The van der Waals surface area contributed by atoms with Crippen LogP contribution in [0.25, 0.3) is 11.3 Å². The van der Waals surface area contributed by atoms with E-state index in [1.807, 2.05) is 30.3 Å². The Labute approximate surface area is 152 Å². The monoisotopic (exact) mass is 359 g/mol. The number of amides is 2. The number of carbonyl (C=O) groups excluding carboxylic acids is 2. The first-order valence-electron chi connectivity index (χ1n) is 8.47. The van der Waals surface area contributed by atoms with Gasteiger partial charge in [-0.1, -0.05) is 44.2 Å². The van der Waals surface area contributed by atoms with Crippen molar-refractivity contribution < 1.29 is 14.7 Å². The SMILES string of the molecule is CC(C)[C@@H](O)C(=O)N(C)CCN(C)C(=O)c1n[nH]nc1-c1ccccc1. The first-order valence-corrected chi connectivity index (χ1v) is 8.47. The number of nitrogens with zero attached hydrogens (tertiary/aromatic N) is 4. The first kappa shape index (κ1) is 19.6. The number of hydrogen-bond acceptors (Lipinski definition) is 5. The maximum absolute atomic E-state index is 12.7. The van der Waals surface area contributed by atoms with Crippen LogP contribution in [-0.2, 0) is 4.79 Å². The van der Waals surface area contributed by atoms with Gasteiger partial charge in [-0.2, -0.15) is 15.4 Å². The molecule has 0 aliphatic carbocycles. The molecule has 1 atom stereocenters. The molecule has 2 amide bonds. The minimum absolute atomic E-state index is 0.159. The maximum Gasteiger partial charge on any atom is 0.276 e. The Morgan fingerprint density at radius 1 is 1.08 bits per heavy atom. The van der Waals surface area contributed by atoms with E-state index in [4.69, 9.17) is 0 Å². The number of aromatic amines is 1. The largest absolute Gasteiger partial charge is 0.383 e. The van der Waals surface area contributed by atoms with Gasteiger partial charge in [0.2, 0.25) is 0 Å². The van der Waals surface area contributed by atoms with Gasteiger partial charge >= 0.3 is 0 Å². The second kappa shape index (κ2) is 8.57. The van der Waals surface area contributed by atoms with Crippen LogP contribution in [0.3, 0.4) is 0 Å². The van der Waals surface area contributed by atoms with Crippen molar-refractivity contribution in [3.8, 4) is 11.3 Å². The van der Waals surface area contributed by atoms with E-state index in [0.717, 1.165) is 5.56 Å². The molecule has 0 bridgehead atoms. The summed E-state index contributed by atoms with van der Waals surface area (Å²) in [7, 11) is 3.25. The number of likely N-dealkylation sites (N-methyl/N-ethyl adjacent to an activating group) is 2. The first-order chi connectivity index (χ1) is 12.3. The van der Waals surface area contributed by atoms with Crippen molar-refractivity contribution in [3.63, 3.8) is 0 Å². The van der Waals surface area contributed by atoms with E-state index in [-0.39, 0.29) is 23.4 Å². The van der Waals surface area contributed by atoms with Crippen LogP contribution < -0.4 is 0 Å². The summed E-state index contributed by atoms with van der Waals surface area (Å²) < 4.78 is 0. The van der Waals surface area contributed by atoms with E-state index in [1.165, 1.54) is 9.80 Å². The molecule has 8 nitrogen and oxygen atoms in total. The number of benzene rings is 1. The third kappa shape index (κ3) is 4.45. The lowest BCUT2D eigenvalue weighted by atomic mass is 10.1. The molecule has 0 saturated heterocycles. The predicted octanol–water partition coefficient (Wildman–Crippen LogP) is 1.02. The smallest absolute Gasteiger partial charge is 0.276 e. The zero-order chi connectivity index (χ0) is 19.3. The summed E-state index contributed by atoms with van der Waals surface area (Å²) >= 11 is 0. The molecule has 0 unspecified atom stereocenters. The fourth-order valence-corrected chi connectivity index (χ4v) is 2.38. The summed E-state index contributed by atoms with van der Waals surface area (Å²) in [6.07, 6.45) is -1.04. The average Bonchev–Trinajstić information content (AvgIpc) is 3.14. The molecule has 2 rings (SSSR count). The summed E-state index contributed by atoms with van der Waals surface area (Å²) in [5.74, 6) is -0.803. The number of aliphatic hydroxyl groups is 1. The number of H-pyrrole nitrogens is 1. The molecule has 1 heterocycles. The van der Waals surface area contributed by atoms with Crippen LogP contribution in [0.5, 0.6) is 0 Å². The van der Waals surface area contributed by atoms with Crippen molar-refractivity contribution in [2.45, 2.75) is 20.0 Å². The summed E-state index contributed by atoms with van der Waals surface area (Å²) in [6.45, 7) is 4.18. The van der Waals surface area contributed by atoms with E-state index in [9.17, 15) is 14.7 Å². The Kier molecular flexibility index (Phi) is 6.46. The summed E-state index contributed by atoms with van der Waals surface area (Å²) in [4.78, 5) is 27.7. The lowest BCUT2D eigenvalue weighted by Crippen LogP contribution is -2.43. The van der Waals surface area contributed by atoms with Crippen LogP contribution in [0.15, 0.2) is 30.3 Å². The summed E-state index contributed by atoms with van der Waals surface area (Å²) in [6, 6.07) is 9.32. The molecule has 26 heavy (non-hydrogen) atoms. The van der Waals surface area contributed by atoms with Crippen LogP contribution in [0, 0.1) is 5.92 Å². The molecular formula is C18H25N5O3. The second-order valence-electron chi connectivity index (χ2n) is 6.56. The van der Waals surface area contributed by atoms with E-state index >= 15 is 0 Å². The topological polar surface area (TPSA) is 102 Å². The maximum atomic E-state index is 12.7. The molecule has 0 fully saturated rings. The van der Waals surface area contributed by atoms with Crippen molar-refractivity contribution in [2.24, 2.45) is 5.92 Å². The number of carbonyl (C=O) groups is 2. The molecule has 0 aliphatic rings. The number of hydrogen-bond donors (Lipinski definition) is 2. The molecule has 0 spiro atoms. The molecule has 1 aromatic carbocycles. The Morgan fingerprint density at radius 3 is 2.31 bits per heavy atom. The Morgan fingerprint density at radius 2 is 1.69 bits per heavy atom. The minimum Gasteiger partial charge on any atom is -0.383 e. The minimum atomic E-state index is -1.04. The van der Waals surface area contributed by atoms with Gasteiger partial charge in [0.25, 0.3) is 11.8 Å². The van der Waals surface area contributed by atoms with Crippen molar-refractivity contribution in [1.82, 2.24) is 25.2 Å². The Bertz CT molecular complexity index is 744. The quantitative estimate of drug-likeness (QED) is 0.768. The normalized spacial score (nSPS) is 12.1. The van der Waals surface area contributed by atoms with E-state index in [1.54, 1.807) is 27.9 Å². The fraction of sp³-hybridized carbons (Fsp3) is 0.444. The molecule has 140 valence electrons. The van der Waals surface area contributed by atoms with E-state index in [2.05, 4.69) is 15.4 Å². The van der Waals surface area contributed by atoms with Crippen LogP contribution in [0.4, 0.5) is 0 Å². The Hall–Kier alpha value is -2.74. The van der Waals surface area contributed by atoms with Gasteiger partial charge in [-0.3, -0.25) is 9.59 Å². The predicted molar refractivity (Wildman–Crippen MR) is 97.3 cm³/mol. The fourth-order valence-electron chi connectivity index (χ4n) is 2.38. The van der Waals surface area contributed by atoms with Gasteiger partial charge in [0, 0.05) is 32.7 Å². The highest BCUT2D eigenvalue weighted by Crippen LogP contribution is 2.19. The molecule has 0 radical (unpaired) electrons. The number of rotatable bonds is 7. The molecule has 8 heteroatoms. The zero-order valence-electron chi connectivity index (χ0n) is 15.5. The lowest BCUT2D eigenvalue weighted by molar-refractivity contribution is -0.141. The van der Waals surface area contributed by atoms with Gasteiger partial charge in [-0.05, 0) is 5.92 Å². The molecule has 2 N–H and O–H groups in total. The van der Waals surface area contributed by atoms with Gasteiger partial charge in [0.1, 0.15) is 11.8 Å². The third-order valence-corrected chi connectivity index (χ3v) is 4.18. The molecular weight excluding hydrogens is 334 g/mol. The molecule has 2 aromatic rings. The summed E-state index contributed by atoms with van der Waals surface area (Å²) in [5.41, 5.74) is 1.52. The van der Waals surface area contributed by atoms with Crippen molar-refractivity contribution in [3.05, 3.63) is 36.0 Å². The van der Waals surface area contributed by atoms with Gasteiger partial charge in [0.15, 0.2) is 5.69 Å². The van der Waals surface area contributed by atoms with Crippen LogP contribution in [0.1, 0.15) is 24.3 Å². The number of aromatic nitrogens is 3. The van der Waals surface area contributed by atoms with Gasteiger partial charge in [-0.25, -0.2) is 0 Å². The highest BCUT2D eigenvalue weighted by molar-refractivity contribution is 5.97. The second-order valence-corrected chi connectivity index (χ2v) is 6.56. The van der Waals surface area contributed by atoms with Crippen LogP contribution in [-0.4, -0.2) is 75.4 Å². The molecule has 0 saturated carbocycles. The number of nitrogens with one attached hydrogen (secondary N) is 1. The highest BCUT2D eigenvalue weighted by atomic mass is 16.3. The average molecular weight is 359 g/mol. The number of aliphatic hydroxyl groups excluding tert-OH is 1. The third-order valence-electron chi connectivity index (χ3n) is 4.18. The standard InChI is InChI=1S/C18H25N5O3/c1-12(2)16(24)18(26)23(4)11-10-22(3)17(25)15-14(19-21-20-15)13-8-6-5-7-9-13/h5-9,12,16,24H,10-11H2,1-4H3,(H,19,20,21)/t16-/m1/s1. The Balaban J connectivity index is 2.01. The van der Waals surface area contributed by atoms with Crippen LogP contribution >= 0.6 is 0 Å². The van der Waals surface area contributed by atoms with Crippen molar-refractivity contribution in [1.29, 1.82) is 0 Å². The lowest BCUT2D eigenvalue weighted by Gasteiger charge is -2.25.